The second-order valence-corrected chi connectivity index (χ2v) is 5.85. The van der Waals surface area contributed by atoms with Crippen LogP contribution in [0.15, 0.2) is 39.1 Å². The van der Waals surface area contributed by atoms with Gasteiger partial charge in [0.2, 0.25) is 0 Å². The predicted octanol–water partition coefficient (Wildman–Crippen LogP) is 2.08. The number of nitrogens with two attached hydrogens (primary N) is 1. The van der Waals surface area contributed by atoms with Gasteiger partial charge in [0.25, 0.3) is 0 Å². The summed E-state index contributed by atoms with van der Waals surface area (Å²) in [6.45, 7) is 1.96. The lowest BCUT2D eigenvalue weighted by molar-refractivity contribution is 0.642. The van der Waals surface area contributed by atoms with E-state index in [1.54, 1.807) is 4.57 Å². The molecule has 5 nitrogen and oxygen atoms in total. The first-order valence-corrected chi connectivity index (χ1v) is 7.17. The van der Waals surface area contributed by atoms with E-state index >= 15 is 0 Å². The third-order valence-electron chi connectivity index (χ3n) is 3.19. The highest BCUT2D eigenvalue weighted by molar-refractivity contribution is 7.99. The van der Waals surface area contributed by atoms with Gasteiger partial charge >= 0.3 is 5.69 Å². The summed E-state index contributed by atoms with van der Waals surface area (Å²) in [4.78, 5) is 12.8. The molecule has 3 N–H and O–H groups in total. The Morgan fingerprint density at radius 3 is 2.89 bits per heavy atom. The van der Waals surface area contributed by atoms with Gasteiger partial charge in [-0.15, -0.1) is 5.10 Å². The van der Waals surface area contributed by atoms with Gasteiger partial charge in [0, 0.05) is 17.0 Å². The van der Waals surface area contributed by atoms with Crippen molar-refractivity contribution in [1.29, 1.82) is 0 Å². The summed E-state index contributed by atoms with van der Waals surface area (Å²) < 4.78 is 1.75. The maximum absolute atomic E-state index is 11.7. The third-order valence-corrected chi connectivity index (χ3v) is 4.26. The van der Waals surface area contributed by atoms with E-state index < -0.39 is 0 Å². The van der Waals surface area contributed by atoms with Gasteiger partial charge in [-0.05, 0) is 43.2 Å². The zero-order valence-corrected chi connectivity index (χ0v) is 11.5. The molecule has 6 heteroatoms. The van der Waals surface area contributed by atoms with Gasteiger partial charge in [-0.2, -0.15) is 0 Å². The molecule has 0 saturated heterocycles. The van der Waals surface area contributed by atoms with Crippen molar-refractivity contribution in [3.05, 3.63) is 40.3 Å². The Balaban J connectivity index is 1.96. The first-order chi connectivity index (χ1) is 9.16. The minimum atomic E-state index is -0.122. The molecule has 1 saturated carbocycles. The quantitative estimate of drug-likeness (QED) is 0.896. The predicted molar refractivity (Wildman–Crippen MR) is 74.3 cm³/mol. The first kappa shape index (κ1) is 12.5. The van der Waals surface area contributed by atoms with Gasteiger partial charge in [-0.25, -0.2) is 9.89 Å². The molecule has 1 atom stereocenters. The van der Waals surface area contributed by atoms with Gasteiger partial charge in [0.05, 0.1) is 0 Å². The van der Waals surface area contributed by atoms with Crippen molar-refractivity contribution in [2.75, 3.05) is 0 Å². The molecule has 19 heavy (non-hydrogen) atoms. The number of rotatable bonds is 4. The van der Waals surface area contributed by atoms with Crippen LogP contribution in [-0.2, 0) is 0 Å². The molecule has 1 fully saturated rings. The van der Waals surface area contributed by atoms with E-state index in [-0.39, 0.29) is 11.7 Å². The summed E-state index contributed by atoms with van der Waals surface area (Å²) in [7, 11) is 0. The van der Waals surface area contributed by atoms with E-state index in [4.69, 9.17) is 5.73 Å². The van der Waals surface area contributed by atoms with Crippen molar-refractivity contribution in [3.63, 3.8) is 0 Å². The molecule has 0 spiro atoms. The molecule has 1 aromatic carbocycles. The van der Waals surface area contributed by atoms with Crippen molar-refractivity contribution in [2.24, 2.45) is 5.73 Å². The monoisotopic (exact) mass is 276 g/mol. The van der Waals surface area contributed by atoms with Gasteiger partial charge < -0.3 is 5.73 Å². The number of aromatic nitrogens is 3. The fraction of sp³-hybridized carbons (Fsp3) is 0.385. The molecular weight excluding hydrogens is 260 g/mol. The van der Waals surface area contributed by atoms with Crippen LogP contribution in [0.25, 0.3) is 0 Å². The molecule has 100 valence electrons. The van der Waals surface area contributed by atoms with E-state index in [0.717, 1.165) is 28.5 Å². The van der Waals surface area contributed by atoms with E-state index in [9.17, 15) is 4.79 Å². The molecule has 3 rings (SSSR count). The lowest BCUT2D eigenvalue weighted by Crippen LogP contribution is -2.16. The summed E-state index contributed by atoms with van der Waals surface area (Å²) in [6.07, 6.45) is 2.11. The molecule has 0 radical (unpaired) electrons. The maximum atomic E-state index is 11.7. The number of hydrogen-bond donors (Lipinski definition) is 2. The molecule has 2 aromatic rings. The standard InChI is InChI=1S/C13H16N4OS/c1-8(14)10-4-2-3-5-11(10)19-13-16-15-12(18)17(13)9-6-7-9/h2-5,8-9H,6-7,14H2,1H3,(H,15,18)/t8-/m0/s1. The Kier molecular flexibility index (Phi) is 3.20. The smallest absolute Gasteiger partial charge is 0.324 e. The minimum absolute atomic E-state index is 0.0382. The molecule has 0 unspecified atom stereocenters. The zero-order chi connectivity index (χ0) is 13.4. The van der Waals surface area contributed by atoms with Gasteiger partial charge in [0.1, 0.15) is 0 Å². The van der Waals surface area contributed by atoms with Crippen LogP contribution in [0, 0.1) is 0 Å². The Hall–Kier alpha value is -1.53. The van der Waals surface area contributed by atoms with Crippen LogP contribution in [0.3, 0.4) is 0 Å². The van der Waals surface area contributed by atoms with E-state index in [1.807, 2.05) is 31.2 Å². The summed E-state index contributed by atoms with van der Waals surface area (Å²) in [5.74, 6) is 0. The van der Waals surface area contributed by atoms with Crippen molar-refractivity contribution < 1.29 is 0 Å². The fourth-order valence-corrected chi connectivity index (χ4v) is 3.20. The van der Waals surface area contributed by atoms with Crippen molar-refractivity contribution >= 4 is 11.8 Å². The highest BCUT2D eigenvalue weighted by Gasteiger charge is 2.29. The average molecular weight is 276 g/mol. The number of nitrogens with one attached hydrogen (secondary N) is 1. The van der Waals surface area contributed by atoms with E-state index in [0.29, 0.717) is 6.04 Å². The third kappa shape index (κ3) is 2.46. The van der Waals surface area contributed by atoms with Crippen LogP contribution in [0.5, 0.6) is 0 Å². The number of H-pyrrole nitrogens is 1. The minimum Gasteiger partial charge on any atom is -0.324 e. The molecule has 1 heterocycles. The maximum Gasteiger partial charge on any atom is 0.344 e. The lowest BCUT2D eigenvalue weighted by Gasteiger charge is -2.11. The fourth-order valence-electron chi connectivity index (χ4n) is 2.06. The van der Waals surface area contributed by atoms with E-state index in [1.165, 1.54) is 11.8 Å². The van der Waals surface area contributed by atoms with Crippen molar-refractivity contribution in [2.45, 2.75) is 41.9 Å². The molecular formula is C13H16N4OS. The summed E-state index contributed by atoms with van der Waals surface area (Å²) in [5, 5.41) is 7.38. The molecule has 1 aliphatic carbocycles. The average Bonchev–Trinajstić information content (AvgIpc) is 3.15. The van der Waals surface area contributed by atoms with Crippen LogP contribution in [0.4, 0.5) is 0 Å². The van der Waals surface area contributed by atoms with Crippen LogP contribution in [0.1, 0.15) is 37.4 Å². The molecule has 1 aromatic heterocycles. The highest BCUT2D eigenvalue weighted by atomic mass is 32.2. The highest BCUT2D eigenvalue weighted by Crippen LogP contribution is 2.38. The van der Waals surface area contributed by atoms with Gasteiger partial charge in [0.15, 0.2) is 5.16 Å². The molecule has 1 aliphatic rings. The van der Waals surface area contributed by atoms with Crippen molar-refractivity contribution in [1.82, 2.24) is 14.8 Å². The normalized spacial score (nSPS) is 16.5. The van der Waals surface area contributed by atoms with Crippen LogP contribution >= 0.6 is 11.8 Å². The second kappa shape index (κ2) is 4.86. The number of benzene rings is 1. The Labute approximate surface area is 115 Å². The van der Waals surface area contributed by atoms with Crippen LogP contribution in [-0.4, -0.2) is 14.8 Å². The zero-order valence-electron chi connectivity index (χ0n) is 10.7. The first-order valence-electron chi connectivity index (χ1n) is 6.36. The number of aromatic amines is 1. The number of nitrogens with zero attached hydrogens (tertiary/aromatic N) is 2. The topological polar surface area (TPSA) is 76.7 Å². The number of hydrogen-bond acceptors (Lipinski definition) is 4. The second-order valence-electron chi connectivity index (χ2n) is 4.84. The van der Waals surface area contributed by atoms with Crippen LogP contribution < -0.4 is 11.4 Å². The Bertz CT molecular complexity index is 642. The van der Waals surface area contributed by atoms with E-state index in [2.05, 4.69) is 10.2 Å². The summed E-state index contributed by atoms with van der Waals surface area (Å²) >= 11 is 1.50. The Morgan fingerprint density at radius 2 is 2.21 bits per heavy atom. The SMILES string of the molecule is C[C@H](N)c1ccccc1Sc1n[nH]c(=O)n1C1CC1. The Morgan fingerprint density at radius 1 is 1.47 bits per heavy atom. The van der Waals surface area contributed by atoms with Crippen molar-refractivity contribution in [3.8, 4) is 0 Å². The largest absolute Gasteiger partial charge is 0.344 e. The molecule has 0 bridgehead atoms. The molecule has 0 amide bonds. The van der Waals surface area contributed by atoms with Gasteiger partial charge in [-0.3, -0.25) is 4.57 Å². The van der Waals surface area contributed by atoms with Crippen LogP contribution in [0.2, 0.25) is 0 Å². The lowest BCUT2D eigenvalue weighted by atomic mass is 10.1. The summed E-state index contributed by atoms with van der Waals surface area (Å²) in [6, 6.07) is 8.25. The van der Waals surface area contributed by atoms with Gasteiger partial charge in [-0.1, -0.05) is 18.2 Å². The summed E-state index contributed by atoms with van der Waals surface area (Å²) in [5.41, 5.74) is 6.93. The molecule has 0 aliphatic heterocycles.